The van der Waals surface area contributed by atoms with Crippen LogP contribution in [0.25, 0.3) is 0 Å². The normalized spacial score (nSPS) is 24.4. The molecule has 0 saturated carbocycles. The third-order valence-electron chi connectivity index (χ3n) is 2.72. The molecule has 0 unspecified atom stereocenters. The Morgan fingerprint density at radius 3 is 2.38 bits per heavy atom. The van der Waals surface area contributed by atoms with Crippen LogP contribution in [0.15, 0.2) is 11.3 Å². The van der Waals surface area contributed by atoms with Gasteiger partial charge < -0.3 is 4.74 Å². The summed E-state index contributed by atoms with van der Waals surface area (Å²) in [6.07, 6.45) is 0.688. The summed E-state index contributed by atoms with van der Waals surface area (Å²) in [5.74, 6) is 0.154. The predicted molar refractivity (Wildman–Crippen MR) is 58.4 cm³/mol. The summed E-state index contributed by atoms with van der Waals surface area (Å²) in [7, 11) is 5.38. The summed E-state index contributed by atoms with van der Waals surface area (Å²) in [6.45, 7) is 2.00. The molecule has 0 radical (unpaired) electrons. The van der Waals surface area contributed by atoms with Gasteiger partial charge in [0, 0.05) is 33.5 Å². The molecule has 0 aromatic carbocycles. The van der Waals surface area contributed by atoms with Crippen molar-refractivity contribution in [2.24, 2.45) is 5.92 Å². The standard InChI is InChI=1S/C11H16N4O/c1-8-5-10(16-4)15(14(2)3)11(8)9(6-12)7-13/h8,10H,5H2,1-4H3/t8-,10-/m1/s1. The van der Waals surface area contributed by atoms with Crippen molar-refractivity contribution in [3.63, 3.8) is 0 Å². The SMILES string of the molecule is CO[C@@H]1C[C@@H](C)C(=C(C#N)C#N)N1N(C)C. The Bertz CT molecular complexity index is 358. The van der Waals surface area contributed by atoms with Gasteiger partial charge >= 0.3 is 0 Å². The van der Waals surface area contributed by atoms with Gasteiger partial charge in [0.1, 0.15) is 18.4 Å². The molecule has 0 spiro atoms. The number of hydrazine groups is 1. The van der Waals surface area contributed by atoms with Gasteiger partial charge in [-0.05, 0) is 0 Å². The van der Waals surface area contributed by atoms with Crippen LogP contribution in [0.2, 0.25) is 0 Å². The van der Waals surface area contributed by atoms with Crippen LogP contribution < -0.4 is 0 Å². The summed E-state index contributed by atoms with van der Waals surface area (Å²) < 4.78 is 5.36. The van der Waals surface area contributed by atoms with Crippen molar-refractivity contribution in [2.75, 3.05) is 21.2 Å². The van der Waals surface area contributed by atoms with Crippen LogP contribution in [0.5, 0.6) is 0 Å². The molecule has 1 saturated heterocycles. The zero-order chi connectivity index (χ0) is 12.3. The van der Waals surface area contributed by atoms with E-state index in [9.17, 15) is 0 Å². The number of hydrogen-bond donors (Lipinski definition) is 0. The molecule has 2 atom stereocenters. The lowest BCUT2D eigenvalue weighted by atomic mass is 10.0. The van der Waals surface area contributed by atoms with Crippen molar-refractivity contribution in [2.45, 2.75) is 19.6 Å². The summed E-state index contributed by atoms with van der Waals surface area (Å²) >= 11 is 0. The molecular formula is C11H16N4O. The van der Waals surface area contributed by atoms with Crippen molar-refractivity contribution in [3.8, 4) is 12.1 Å². The minimum atomic E-state index is -0.100. The van der Waals surface area contributed by atoms with Crippen molar-refractivity contribution in [1.82, 2.24) is 10.0 Å². The molecule has 0 aromatic heterocycles. The molecule has 1 heterocycles. The van der Waals surface area contributed by atoms with Gasteiger partial charge in [0.05, 0.1) is 5.70 Å². The molecule has 86 valence electrons. The van der Waals surface area contributed by atoms with Gasteiger partial charge in [-0.3, -0.25) is 5.01 Å². The minimum absolute atomic E-state index is 0.100. The lowest BCUT2D eigenvalue weighted by Gasteiger charge is -2.32. The molecule has 1 aliphatic heterocycles. The first kappa shape index (κ1) is 12.5. The molecule has 0 aromatic rings. The second kappa shape index (κ2) is 4.98. The fourth-order valence-electron chi connectivity index (χ4n) is 2.06. The topological polar surface area (TPSA) is 63.3 Å². The van der Waals surface area contributed by atoms with E-state index in [-0.39, 0.29) is 17.7 Å². The van der Waals surface area contributed by atoms with Gasteiger partial charge in [-0.1, -0.05) is 6.92 Å². The van der Waals surface area contributed by atoms with Crippen LogP contribution in [0, 0.1) is 28.6 Å². The molecular weight excluding hydrogens is 204 g/mol. The monoisotopic (exact) mass is 220 g/mol. The number of rotatable bonds is 2. The predicted octanol–water partition coefficient (Wildman–Crippen LogP) is 1.08. The van der Waals surface area contributed by atoms with E-state index in [2.05, 4.69) is 0 Å². The first-order valence-corrected chi connectivity index (χ1v) is 5.10. The van der Waals surface area contributed by atoms with Crippen LogP contribution >= 0.6 is 0 Å². The molecule has 0 amide bonds. The van der Waals surface area contributed by atoms with Crippen molar-refractivity contribution < 1.29 is 4.74 Å². The van der Waals surface area contributed by atoms with Gasteiger partial charge in [0.25, 0.3) is 0 Å². The highest BCUT2D eigenvalue weighted by Crippen LogP contribution is 2.35. The Labute approximate surface area is 96.1 Å². The zero-order valence-electron chi connectivity index (χ0n) is 10.1. The zero-order valence-corrected chi connectivity index (χ0v) is 10.1. The average Bonchev–Trinajstić information content (AvgIpc) is 2.58. The summed E-state index contributed by atoms with van der Waals surface area (Å²) in [4.78, 5) is 0. The van der Waals surface area contributed by atoms with Crippen molar-refractivity contribution in [1.29, 1.82) is 10.5 Å². The highest BCUT2D eigenvalue weighted by atomic mass is 16.5. The Morgan fingerprint density at radius 2 is 2.00 bits per heavy atom. The largest absolute Gasteiger partial charge is 0.360 e. The number of nitriles is 2. The smallest absolute Gasteiger partial charge is 0.150 e. The molecule has 5 nitrogen and oxygen atoms in total. The van der Waals surface area contributed by atoms with Gasteiger partial charge in [-0.15, -0.1) is 0 Å². The van der Waals surface area contributed by atoms with E-state index < -0.39 is 0 Å². The second-order valence-electron chi connectivity index (χ2n) is 4.00. The van der Waals surface area contributed by atoms with Gasteiger partial charge in [-0.25, -0.2) is 5.01 Å². The Balaban J connectivity index is 3.22. The van der Waals surface area contributed by atoms with Crippen LogP contribution in [0.4, 0.5) is 0 Å². The fraction of sp³-hybridized carbons (Fsp3) is 0.636. The van der Waals surface area contributed by atoms with Crippen LogP contribution in [-0.4, -0.2) is 37.5 Å². The maximum absolute atomic E-state index is 8.95. The van der Waals surface area contributed by atoms with Gasteiger partial charge in [0.2, 0.25) is 0 Å². The van der Waals surface area contributed by atoms with Gasteiger partial charge in [-0.2, -0.15) is 10.5 Å². The third kappa shape index (κ3) is 2.01. The molecule has 16 heavy (non-hydrogen) atoms. The second-order valence-corrected chi connectivity index (χ2v) is 4.00. The minimum Gasteiger partial charge on any atom is -0.360 e. The van der Waals surface area contributed by atoms with E-state index in [0.717, 1.165) is 12.1 Å². The highest BCUT2D eigenvalue weighted by molar-refractivity contribution is 5.41. The van der Waals surface area contributed by atoms with E-state index in [1.54, 1.807) is 7.11 Å². The first-order chi connectivity index (χ1) is 7.56. The number of nitrogens with zero attached hydrogens (tertiary/aromatic N) is 4. The molecule has 0 bridgehead atoms. The Kier molecular flexibility index (Phi) is 3.89. The maximum atomic E-state index is 8.95. The third-order valence-corrected chi connectivity index (χ3v) is 2.72. The molecule has 1 rings (SSSR count). The molecule has 0 N–H and O–H groups in total. The Morgan fingerprint density at radius 1 is 1.44 bits per heavy atom. The summed E-state index contributed by atoms with van der Waals surface area (Å²) in [6, 6.07) is 3.90. The van der Waals surface area contributed by atoms with E-state index in [0.29, 0.717) is 0 Å². The number of methoxy groups -OCH3 is 1. The number of hydrogen-bond acceptors (Lipinski definition) is 5. The van der Waals surface area contributed by atoms with E-state index in [1.807, 2.05) is 43.2 Å². The van der Waals surface area contributed by atoms with Crippen LogP contribution in [-0.2, 0) is 4.74 Å². The average molecular weight is 220 g/mol. The Hall–Kier alpha value is -1.56. The quantitative estimate of drug-likeness (QED) is 0.651. The van der Waals surface area contributed by atoms with E-state index in [4.69, 9.17) is 15.3 Å². The van der Waals surface area contributed by atoms with E-state index >= 15 is 0 Å². The highest BCUT2D eigenvalue weighted by Gasteiger charge is 2.37. The maximum Gasteiger partial charge on any atom is 0.150 e. The number of allylic oxidation sites excluding steroid dienone is 2. The van der Waals surface area contributed by atoms with Crippen molar-refractivity contribution >= 4 is 0 Å². The molecule has 5 heteroatoms. The first-order valence-electron chi connectivity index (χ1n) is 5.10. The lowest BCUT2D eigenvalue weighted by Crippen LogP contribution is -2.41. The molecule has 1 fully saturated rings. The number of ether oxygens (including phenoxy) is 1. The summed E-state index contributed by atoms with van der Waals surface area (Å²) in [5.41, 5.74) is 0.919. The van der Waals surface area contributed by atoms with Gasteiger partial charge in [0.15, 0.2) is 5.57 Å². The van der Waals surface area contributed by atoms with Crippen LogP contribution in [0.1, 0.15) is 13.3 Å². The van der Waals surface area contributed by atoms with E-state index in [1.165, 1.54) is 0 Å². The molecule has 1 aliphatic rings. The fourth-order valence-corrected chi connectivity index (χ4v) is 2.06. The van der Waals surface area contributed by atoms with Crippen LogP contribution in [0.3, 0.4) is 0 Å². The summed E-state index contributed by atoms with van der Waals surface area (Å²) in [5, 5.41) is 21.6. The lowest BCUT2D eigenvalue weighted by molar-refractivity contribution is -0.0882. The molecule has 0 aliphatic carbocycles. The van der Waals surface area contributed by atoms with Crippen molar-refractivity contribution in [3.05, 3.63) is 11.3 Å².